The molecule has 1 aromatic heterocycles. The van der Waals surface area contributed by atoms with Gasteiger partial charge in [0, 0.05) is 12.1 Å². The Balaban J connectivity index is 2.66. The minimum Gasteiger partial charge on any atom is -0.390 e. The Morgan fingerprint density at radius 2 is 2.11 bits per heavy atom. The van der Waals surface area contributed by atoms with Crippen LogP contribution in [0, 0.1) is 22.7 Å². The van der Waals surface area contributed by atoms with Crippen LogP contribution in [0.3, 0.4) is 0 Å². The van der Waals surface area contributed by atoms with Gasteiger partial charge in [-0.25, -0.2) is 4.98 Å². The molecule has 1 unspecified atom stereocenters. The highest BCUT2D eigenvalue weighted by molar-refractivity contribution is 5.36. The summed E-state index contributed by atoms with van der Waals surface area (Å²) in [5.74, 6) is 0. The second kappa shape index (κ2) is 5.63. The molecule has 6 heteroatoms. The standard InChI is InChI=1S/C12H17N5O/c1-12(2,3)16-6-9(18)7-17-8-15-10(4-13)11(17)5-14/h8-9,16,18H,6-7H2,1-3H3. The van der Waals surface area contributed by atoms with E-state index in [1.807, 2.05) is 32.9 Å². The van der Waals surface area contributed by atoms with E-state index in [4.69, 9.17) is 10.5 Å². The first-order chi connectivity index (χ1) is 8.37. The average molecular weight is 247 g/mol. The summed E-state index contributed by atoms with van der Waals surface area (Å²) in [6, 6.07) is 3.76. The zero-order chi connectivity index (χ0) is 13.8. The molecule has 0 bridgehead atoms. The lowest BCUT2D eigenvalue weighted by Gasteiger charge is -2.23. The first-order valence-corrected chi connectivity index (χ1v) is 5.66. The molecular weight excluding hydrogens is 230 g/mol. The fourth-order valence-electron chi connectivity index (χ4n) is 1.44. The minimum absolute atomic E-state index is 0.0776. The van der Waals surface area contributed by atoms with Crippen molar-refractivity contribution in [3.63, 3.8) is 0 Å². The highest BCUT2D eigenvalue weighted by Gasteiger charge is 2.15. The molecule has 0 saturated carbocycles. The number of hydrogen-bond donors (Lipinski definition) is 2. The van der Waals surface area contributed by atoms with Crippen molar-refractivity contribution < 1.29 is 5.11 Å². The molecule has 0 aliphatic rings. The number of β-amino-alcohol motifs (C(OH)–C–C–N with tert-alkyl or cyclic N) is 1. The van der Waals surface area contributed by atoms with Crippen LogP contribution in [0.4, 0.5) is 0 Å². The molecule has 2 N–H and O–H groups in total. The van der Waals surface area contributed by atoms with Crippen molar-refractivity contribution in [1.29, 1.82) is 10.5 Å². The van der Waals surface area contributed by atoms with Gasteiger partial charge in [0.05, 0.1) is 19.0 Å². The van der Waals surface area contributed by atoms with Crippen LogP contribution in [0.15, 0.2) is 6.33 Å². The van der Waals surface area contributed by atoms with Crippen LogP contribution in [0.25, 0.3) is 0 Å². The van der Waals surface area contributed by atoms with Gasteiger partial charge in [0.15, 0.2) is 11.4 Å². The second-order valence-electron chi connectivity index (χ2n) is 5.10. The number of nitrogens with one attached hydrogen (secondary N) is 1. The van der Waals surface area contributed by atoms with Crippen LogP contribution in [-0.2, 0) is 6.54 Å². The lowest BCUT2D eigenvalue weighted by Crippen LogP contribution is -2.42. The molecule has 6 nitrogen and oxygen atoms in total. The van der Waals surface area contributed by atoms with E-state index in [0.717, 1.165) is 0 Å². The van der Waals surface area contributed by atoms with Gasteiger partial charge in [0.25, 0.3) is 0 Å². The maximum atomic E-state index is 9.86. The molecule has 96 valence electrons. The number of aliphatic hydroxyl groups is 1. The van der Waals surface area contributed by atoms with Crippen molar-refractivity contribution in [1.82, 2.24) is 14.9 Å². The summed E-state index contributed by atoms with van der Waals surface area (Å²) >= 11 is 0. The van der Waals surface area contributed by atoms with Crippen LogP contribution in [-0.4, -0.2) is 32.8 Å². The SMILES string of the molecule is CC(C)(C)NCC(O)Cn1cnc(C#N)c1C#N. The van der Waals surface area contributed by atoms with E-state index in [9.17, 15) is 5.11 Å². The topological polar surface area (TPSA) is 97.7 Å². The van der Waals surface area contributed by atoms with Crippen molar-refractivity contribution in [2.45, 2.75) is 39.0 Å². The molecule has 0 amide bonds. The van der Waals surface area contributed by atoms with Crippen LogP contribution >= 0.6 is 0 Å². The average Bonchev–Trinajstić information content (AvgIpc) is 2.67. The van der Waals surface area contributed by atoms with E-state index in [1.165, 1.54) is 10.9 Å². The van der Waals surface area contributed by atoms with Crippen molar-refractivity contribution in [2.75, 3.05) is 6.54 Å². The van der Waals surface area contributed by atoms with E-state index >= 15 is 0 Å². The number of aliphatic hydroxyl groups excluding tert-OH is 1. The Labute approximate surface area is 106 Å². The van der Waals surface area contributed by atoms with Gasteiger partial charge in [-0.3, -0.25) is 0 Å². The third-order valence-corrected chi connectivity index (χ3v) is 2.33. The van der Waals surface area contributed by atoms with E-state index in [0.29, 0.717) is 6.54 Å². The molecule has 0 fully saturated rings. The summed E-state index contributed by atoms with van der Waals surface area (Å²) in [6.45, 7) is 6.66. The normalized spacial score (nSPS) is 12.8. The van der Waals surface area contributed by atoms with E-state index in [1.54, 1.807) is 0 Å². The Kier molecular flexibility index (Phi) is 4.43. The number of imidazole rings is 1. The molecule has 1 heterocycles. The lowest BCUT2D eigenvalue weighted by molar-refractivity contribution is 0.141. The summed E-state index contributed by atoms with van der Waals surface area (Å²) in [5, 5.41) is 30.7. The number of nitriles is 2. The molecule has 0 aliphatic heterocycles. The number of nitrogens with zero attached hydrogens (tertiary/aromatic N) is 4. The van der Waals surface area contributed by atoms with Crippen molar-refractivity contribution in [2.24, 2.45) is 0 Å². The van der Waals surface area contributed by atoms with Crippen molar-refractivity contribution in [3.8, 4) is 12.1 Å². The summed E-state index contributed by atoms with van der Waals surface area (Å²) < 4.78 is 1.49. The quantitative estimate of drug-likeness (QED) is 0.801. The minimum atomic E-state index is -0.642. The monoisotopic (exact) mass is 247 g/mol. The molecular formula is C12H17N5O. The maximum absolute atomic E-state index is 9.86. The molecule has 0 radical (unpaired) electrons. The highest BCUT2D eigenvalue weighted by Crippen LogP contribution is 2.06. The molecule has 0 aliphatic carbocycles. The van der Waals surface area contributed by atoms with Crippen LogP contribution in [0.1, 0.15) is 32.2 Å². The molecule has 0 saturated heterocycles. The fourth-order valence-corrected chi connectivity index (χ4v) is 1.44. The highest BCUT2D eigenvalue weighted by atomic mass is 16.3. The van der Waals surface area contributed by atoms with Crippen LogP contribution < -0.4 is 5.32 Å². The summed E-state index contributed by atoms with van der Waals surface area (Å²) in [6.07, 6.45) is 0.759. The van der Waals surface area contributed by atoms with Crippen molar-refractivity contribution in [3.05, 3.63) is 17.7 Å². The lowest BCUT2D eigenvalue weighted by atomic mass is 10.1. The Hall–Kier alpha value is -1.89. The zero-order valence-electron chi connectivity index (χ0n) is 10.8. The first kappa shape index (κ1) is 14.2. The van der Waals surface area contributed by atoms with Gasteiger partial charge in [-0.2, -0.15) is 10.5 Å². The molecule has 0 aromatic carbocycles. The van der Waals surface area contributed by atoms with Crippen LogP contribution in [0.2, 0.25) is 0 Å². The Bertz CT molecular complexity index is 486. The number of hydrogen-bond acceptors (Lipinski definition) is 5. The summed E-state index contributed by atoms with van der Waals surface area (Å²) in [5.41, 5.74) is 0.201. The van der Waals surface area contributed by atoms with Gasteiger partial charge in [0.2, 0.25) is 0 Å². The van der Waals surface area contributed by atoms with Gasteiger partial charge >= 0.3 is 0 Å². The van der Waals surface area contributed by atoms with Crippen molar-refractivity contribution >= 4 is 0 Å². The van der Waals surface area contributed by atoms with Crippen LogP contribution in [0.5, 0.6) is 0 Å². The molecule has 18 heavy (non-hydrogen) atoms. The molecule has 0 spiro atoms. The number of rotatable bonds is 4. The van der Waals surface area contributed by atoms with E-state index in [-0.39, 0.29) is 23.5 Å². The fraction of sp³-hybridized carbons (Fsp3) is 0.583. The van der Waals surface area contributed by atoms with Gasteiger partial charge in [-0.1, -0.05) is 0 Å². The van der Waals surface area contributed by atoms with E-state index < -0.39 is 6.10 Å². The largest absolute Gasteiger partial charge is 0.390 e. The molecule has 1 atom stereocenters. The van der Waals surface area contributed by atoms with Gasteiger partial charge < -0.3 is 15.0 Å². The predicted octanol–water partition coefficient (Wildman–Crippen LogP) is 0.375. The van der Waals surface area contributed by atoms with E-state index in [2.05, 4.69) is 10.3 Å². The third-order valence-electron chi connectivity index (χ3n) is 2.33. The van der Waals surface area contributed by atoms with Gasteiger partial charge in [-0.05, 0) is 20.8 Å². The first-order valence-electron chi connectivity index (χ1n) is 5.66. The maximum Gasteiger partial charge on any atom is 0.176 e. The molecule has 1 rings (SSSR count). The summed E-state index contributed by atoms with van der Waals surface area (Å²) in [4.78, 5) is 3.82. The van der Waals surface area contributed by atoms with Gasteiger partial charge in [0.1, 0.15) is 12.1 Å². The smallest absolute Gasteiger partial charge is 0.176 e. The Morgan fingerprint density at radius 3 is 2.61 bits per heavy atom. The third kappa shape index (κ3) is 3.85. The second-order valence-corrected chi connectivity index (χ2v) is 5.10. The predicted molar refractivity (Wildman–Crippen MR) is 65.4 cm³/mol. The molecule has 1 aromatic rings. The summed E-state index contributed by atoms with van der Waals surface area (Å²) in [7, 11) is 0. The zero-order valence-corrected chi connectivity index (χ0v) is 10.8. The Morgan fingerprint density at radius 1 is 1.44 bits per heavy atom. The number of aromatic nitrogens is 2. The van der Waals surface area contributed by atoms with Gasteiger partial charge in [-0.15, -0.1) is 0 Å².